The van der Waals surface area contributed by atoms with Gasteiger partial charge < -0.3 is 18.8 Å². The standard InChI is InChI=1S/C12H20N2O4/c1-4-16-11(17-5-2)8-14-9-13-7-10(14)12(15)18-6-3/h7,9,11H,4-6,8H2,1-3H3. The molecule has 1 aromatic rings. The topological polar surface area (TPSA) is 62.6 Å². The van der Waals surface area contributed by atoms with E-state index in [4.69, 9.17) is 14.2 Å². The number of nitrogens with zero attached hydrogens (tertiary/aromatic N) is 2. The van der Waals surface area contributed by atoms with Gasteiger partial charge in [0.25, 0.3) is 0 Å². The lowest BCUT2D eigenvalue weighted by Crippen LogP contribution is -2.25. The van der Waals surface area contributed by atoms with Crippen molar-refractivity contribution in [1.82, 2.24) is 9.55 Å². The Balaban J connectivity index is 2.70. The zero-order valence-corrected chi connectivity index (χ0v) is 11.1. The van der Waals surface area contributed by atoms with E-state index in [9.17, 15) is 4.79 Å². The molecule has 0 unspecified atom stereocenters. The van der Waals surface area contributed by atoms with Gasteiger partial charge in [-0.1, -0.05) is 0 Å². The minimum Gasteiger partial charge on any atom is -0.461 e. The molecule has 18 heavy (non-hydrogen) atoms. The maximum Gasteiger partial charge on any atom is 0.356 e. The van der Waals surface area contributed by atoms with Gasteiger partial charge in [-0.3, -0.25) is 0 Å². The molecule has 1 rings (SSSR count). The van der Waals surface area contributed by atoms with Gasteiger partial charge >= 0.3 is 5.97 Å². The number of ether oxygens (including phenoxy) is 3. The zero-order chi connectivity index (χ0) is 13.4. The first-order chi connectivity index (χ1) is 8.72. The highest BCUT2D eigenvalue weighted by Crippen LogP contribution is 2.06. The third kappa shape index (κ3) is 4.12. The lowest BCUT2D eigenvalue weighted by atomic mass is 10.4. The maximum absolute atomic E-state index is 11.7. The van der Waals surface area contributed by atoms with Crippen LogP contribution < -0.4 is 0 Å². The Kier molecular flexibility index (Phi) is 6.38. The Morgan fingerprint density at radius 3 is 2.50 bits per heavy atom. The van der Waals surface area contributed by atoms with Crippen LogP contribution in [0.4, 0.5) is 0 Å². The molecule has 0 fully saturated rings. The number of esters is 1. The molecule has 1 aromatic heterocycles. The second-order valence-corrected chi connectivity index (χ2v) is 3.49. The van der Waals surface area contributed by atoms with Gasteiger partial charge in [0.1, 0.15) is 5.69 Å². The predicted molar refractivity (Wildman–Crippen MR) is 65.2 cm³/mol. The van der Waals surface area contributed by atoms with Gasteiger partial charge in [0.05, 0.1) is 25.7 Å². The minimum atomic E-state index is -0.387. The number of rotatable bonds is 8. The fourth-order valence-corrected chi connectivity index (χ4v) is 1.53. The van der Waals surface area contributed by atoms with Gasteiger partial charge in [-0.25, -0.2) is 9.78 Å². The van der Waals surface area contributed by atoms with E-state index in [2.05, 4.69) is 4.98 Å². The summed E-state index contributed by atoms with van der Waals surface area (Å²) >= 11 is 0. The second kappa shape index (κ2) is 7.84. The molecule has 6 heteroatoms. The van der Waals surface area contributed by atoms with Crippen LogP contribution in [0.15, 0.2) is 12.5 Å². The normalized spacial score (nSPS) is 10.9. The summed E-state index contributed by atoms with van der Waals surface area (Å²) in [6, 6.07) is 0. The molecule has 0 aliphatic heterocycles. The number of carbonyl (C=O) groups excluding carboxylic acids is 1. The molecule has 0 bridgehead atoms. The molecule has 0 saturated carbocycles. The predicted octanol–water partition coefficient (Wildman–Crippen LogP) is 1.46. The van der Waals surface area contributed by atoms with Gasteiger partial charge in [0, 0.05) is 13.2 Å². The van der Waals surface area contributed by atoms with Crippen molar-refractivity contribution in [2.45, 2.75) is 33.6 Å². The Morgan fingerprint density at radius 1 is 1.28 bits per heavy atom. The highest BCUT2D eigenvalue weighted by Gasteiger charge is 2.16. The van der Waals surface area contributed by atoms with E-state index in [1.165, 1.54) is 6.20 Å². The Morgan fingerprint density at radius 2 is 1.94 bits per heavy atom. The molecule has 0 radical (unpaired) electrons. The van der Waals surface area contributed by atoms with Gasteiger partial charge in [-0.15, -0.1) is 0 Å². The van der Waals surface area contributed by atoms with Gasteiger partial charge in [-0.05, 0) is 20.8 Å². The molecule has 102 valence electrons. The van der Waals surface area contributed by atoms with Crippen LogP contribution in [-0.2, 0) is 20.8 Å². The molecular formula is C12H20N2O4. The number of imidazole rings is 1. The van der Waals surface area contributed by atoms with E-state index in [1.54, 1.807) is 17.8 Å². The van der Waals surface area contributed by atoms with Crippen molar-refractivity contribution in [3.8, 4) is 0 Å². The lowest BCUT2D eigenvalue weighted by Gasteiger charge is -2.18. The molecule has 0 aromatic carbocycles. The molecule has 0 aliphatic rings. The van der Waals surface area contributed by atoms with E-state index >= 15 is 0 Å². The summed E-state index contributed by atoms with van der Waals surface area (Å²) < 4.78 is 17.5. The van der Waals surface area contributed by atoms with Gasteiger partial charge in [0.2, 0.25) is 0 Å². The first-order valence-corrected chi connectivity index (χ1v) is 6.13. The monoisotopic (exact) mass is 256 g/mol. The molecule has 1 heterocycles. The maximum atomic E-state index is 11.7. The van der Waals surface area contributed by atoms with Crippen molar-refractivity contribution < 1.29 is 19.0 Å². The molecule has 0 amide bonds. The fraction of sp³-hybridized carbons (Fsp3) is 0.667. The average Bonchev–Trinajstić information content (AvgIpc) is 2.78. The highest BCUT2D eigenvalue weighted by atomic mass is 16.7. The smallest absolute Gasteiger partial charge is 0.356 e. The number of aromatic nitrogens is 2. The van der Waals surface area contributed by atoms with Crippen LogP contribution in [0, 0.1) is 0 Å². The van der Waals surface area contributed by atoms with Crippen molar-refractivity contribution in [3.05, 3.63) is 18.2 Å². The number of carbonyl (C=O) groups is 1. The van der Waals surface area contributed by atoms with Crippen LogP contribution in [0.3, 0.4) is 0 Å². The summed E-state index contributed by atoms with van der Waals surface area (Å²) in [4.78, 5) is 15.6. The molecule has 6 nitrogen and oxygen atoms in total. The van der Waals surface area contributed by atoms with Crippen molar-refractivity contribution >= 4 is 5.97 Å². The Labute approximate surface area is 107 Å². The van der Waals surface area contributed by atoms with Crippen molar-refractivity contribution in [2.24, 2.45) is 0 Å². The largest absolute Gasteiger partial charge is 0.461 e. The van der Waals surface area contributed by atoms with Crippen molar-refractivity contribution in [2.75, 3.05) is 19.8 Å². The highest BCUT2D eigenvalue weighted by molar-refractivity contribution is 5.87. The second-order valence-electron chi connectivity index (χ2n) is 3.49. The van der Waals surface area contributed by atoms with E-state index in [1.807, 2.05) is 13.8 Å². The summed E-state index contributed by atoms with van der Waals surface area (Å²) in [5.74, 6) is -0.387. The molecule has 0 atom stereocenters. The summed E-state index contributed by atoms with van der Waals surface area (Å²) in [5, 5.41) is 0. The third-order valence-corrected chi connectivity index (χ3v) is 2.25. The summed E-state index contributed by atoms with van der Waals surface area (Å²) in [6.07, 6.45) is 2.66. The van der Waals surface area contributed by atoms with Crippen LogP contribution in [0.25, 0.3) is 0 Å². The summed E-state index contributed by atoms with van der Waals surface area (Å²) in [5.41, 5.74) is 0.404. The first kappa shape index (κ1) is 14.7. The lowest BCUT2D eigenvalue weighted by molar-refractivity contribution is -0.143. The molecule has 0 aliphatic carbocycles. The van der Waals surface area contributed by atoms with Gasteiger partial charge in [-0.2, -0.15) is 0 Å². The number of hydrogen-bond donors (Lipinski definition) is 0. The van der Waals surface area contributed by atoms with E-state index in [-0.39, 0.29) is 12.3 Å². The van der Waals surface area contributed by atoms with Gasteiger partial charge in [0.15, 0.2) is 6.29 Å². The Hall–Kier alpha value is -1.40. The molecular weight excluding hydrogens is 236 g/mol. The van der Waals surface area contributed by atoms with E-state index < -0.39 is 0 Å². The van der Waals surface area contributed by atoms with Crippen LogP contribution in [0.5, 0.6) is 0 Å². The SMILES string of the molecule is CCOC(=O)c1cncn1CC(OCC)OCC. The van der Waals surface area contributed by atoms with Crippen LogP contribution >= 0.6 is 0 Å². The van der Waals surface area contributed by atoms with Crippen LogP contribution in [0.1, 0.15) is 31.3 Å². The fourth-order valence-electron chi connectivity index (χ4n) is 1.53. The van der Waals surface area contributed by atoms with Crippen LogP contribution in [0.2, 0.25) is 0 Å². The summed E-state index contributed by atoms with van der Waals surface area (Å²) in [7, 11) is 0. The molecule has 0 N–H and O–H groups in total. The number of hydrogen-bond acceptors (Lipinski definition) is 5. The zero-order valence-electron chi connectivity index (χ0n) is 11.1. The van der Waals surface area contributed by atoms with E-state index in [0.29, 0.717) is 32.1 Å². The quantitative estimate of drug-likeness (QED) is 0.520. The third-order valence-electron chi connectivity index (χ3n) is 2.25. The van der Waals surface area contributed by atoms with Crippen molar-refractivity contribution in [3.63, 3.8) is 0 Å². The summed E-state index contributed by atoms with van der Waals surface area (Å²) in [6.45, 7) is 7.41. The molecule has 0 saturated heterocycles. The van der Waals surface area contributed by atoms with E-state index in [0.717, 1.165) is 0 Å². The van der Waals surface area contributed by atoms with Crippen molar-refractivity contribution in [1.29, 1.82) is 0 Å². The average molecular weight is 256 g/mol. The molecule has 0 spiro atoms. The van der Waals surface area contributed by atoms with Crippen LogP contribution in [-0.4, -0.2) is 41.6 Å². The Bertz CT molecular complexity index is 359. The minimum absolute atomic E-state index is 0.338. The first-order valence-electron chi connectivity index (χ1n) is 6.13.